The van der Waals surface area contributed by atoms with Gasteiger partial charge in [0.25, 0.3) is 0 Å². The summed E-state index contributed by atoms with van der Waals surface area (Å²) in [7, 11) is 1.56. The first kappa shape index (κ1) is 11.6. The van der Waals surface area contributed by atoms with E-state index in [4.69, 9.17) is 4.74 Å². The molecule has 1 aliphatic rings. The van der Waals surface area contributed by atoms with Crippen molar-refractivity contribution in [1.82, 2.24) is 0 Å². The highest BCUT2D eigenvalue weighted by Gasteiger charge is 2.24. The largest absolute Gasteiger partial charge is 0.494 e. The highest BCUT2D eigenvalue weighted by Crippen LogP contribution is 2.32. The van der Waals surface area contributed by atoms with E-state index in [1.807, 2.05) is 11.8 Å². The van der Waals surface area contributed by atoms with E-state index in [2.05, 4.69) is 12.2 Å². The molecule has 0 saturated carbocycles. The Morgan fingerprint density at radius 1 is 1.50 bits per heavy atom. The molecule has 88 valence electrons. The second-order valence-corrected chi connectivity index (χ2v) is 5.45. The number of thioether (sulfide) groups is 1. The van der Waals surface area contributed by atoms with Crippen LogP contribution in [0.4, 0.5) is 10.1 Å². The molecule has 16 heavy (non-hydrogen) atoms. The fraction of sp³-hybridized carbons (Fsp3) is 0.500. The van der Waals surface area contributed by atoms with Crippen LogP contribution in [0.3, 0.4) is 0 Å². The van der Waals surface area contributed by atoms with Crippen LogP contribution >= 0.6 is 11.8 Å². The number of rotatable bonds is 3. The SMILES string of the molecule is COc1cc(F)ccc1NC1CCSC1C. The van der Waals surface area contributed by atoms with E-state index in [0.29, 0.717) is 17.0 Å². The molecule has 0 aromatic heterocycles. The number of nitrogens with one attached hydrogen (secondary N) is 1. The van der Waals surface area contributed by atoms with Crippen molar-refractivity contribution in [1.29, 1.82) is 0 Å². The van der Waals surface area contributed by atoms with Gasteiger partial charge in [-0.15, -0.1) is 0 Å². The molecule has 1 N–H and O–H groups in total. The Morgan fingerprint density at radius 2 is 2.31 bits per heavy atom. The molecule has 0 spiro atoms. The van der Waals surface area contributed by atoms with Gasteiger partial charge in [0, 0.05) is 17.4 Å². The van der Waals surface area contributed by atoms with Crippen LogP contribution in [0.1, 0.15) is 13.3 Å². The van der Waals surface area contributed by atoms with Crippen LogP contribution in [-0.2, 0) is 0 Å². The van der Waals surface area contributed by atoms with E-state index >= 15 is 0 Å². The zero-order valence-corrected chi connectivity index (χ0v) is 10.3. The number of anilines is 1. The molecule has 0 amide bonds. The standard InChI is InChI=1S/C12H16FNOS/c1-8-10(5-6-16-8)14-11-4-3-9(13)7-12(11)15-2/h3-4,7-8,10,14H,5-6H2,1-2H3. The summed E-state index contributed by atoms with van der Waals surface area (Å²) in [6.07, 6.45) is 1.15. The maximum Gasteiger partial charge on any atom is 0.144 e. The molecule has 2 nitrogen and oxygen atoms in total. The van der Waals surface area contributed by atoms with Gasteiger partial charge in [0.1, 0.15) is 11.6 Å². The van der Waals surface area contributed by atoms with E-state index in [9.17, 15) is 4.39 Å². The molecule has 4 heteroatoms. The minimum Gasteiger partial charge on any atom is -0.494 e. The molecule has 1 fully saturated rings. The maximum absolute atomic E-state index is 13.0. The second-order valence-electron chi connectivity index (χ2n) is 3.96. The zero-order valence-electron chi connectivity index (χ0n) is 9.50. The van der Waals surface area contributed by atoms with Gasteiger partial charge >= 0.3 is 0 Å². The Balaban J connectivity index is 2.14. The molecule has 0 aliphatic carbocycles. The molecule has 2 atom stereocenters. The summed E-state index contributed by atoms with van der Waals surface area (Å²) in [6.45, 7) is 2.21. The van der Waals surface area contributed by atoms with Crippen molar-refractivity contribution in [3.05, 3.63) is 24.0 Å². The number of benzene rings is 1. The normalized spacial score (nSPS) is 24.4. The number of ether oxygens (including phenoxy) is 1. The van der Waals surface area contributed by atoms with E-state index in [1.54, 1.807) is 13.2 Å². The molecule has 1 aromatic rings. The Morgan fingerprint density at radius 3 is 2.94 bits per heavy atom. The van der Waals surface area contributed by atoms with E-state index < -0.39 is 0 Å². The Bertz CT molecular complexity index is 372. The minimum atomic E-state index is -0.267. The molecule has 1 saturated heterocycles. The van der Waals surface area contributed by atoms with Crippen molar-refractivity contribution in [2.24, 2.45) is 0 Å². The number of hydrogen-bond acceptors (Lipinski definition) is 3. The van der Waals surface area contributed by atoms with E-state index in [1.165, 1.54) is 17.9 Å². The van der Waals surface area contributed by atoms with Crippen LogP contribution in [-0.4, -0.2) is 24.2 Å². The lowest BCUT2D eigenvalue weighted by Crippen LogP contribution is -2.24. The highest BCUT2D eigenvalue weighted by molar-refractivity contribution is 8.00. The van der Waals surface area contributed by atoms with Gasteiger partial charge in [-0.05, 0) is 24.3 Å². The topological polar surface area (TPSA) is 21.3 Å². The van der Waals surface area contributed by atoms with Gasteiger partial charge in [-0.3, -0.25) is 0 Å². The van der Waals surface area contributed by atoms with Gasteiger partial charge in [-0.1, -0.05) is 6.92 Å². The molecule has 0 bridgehead atoms. The van der Waals surface area contributed by atoms with Gasteiger partial charge in [0.15, 0.2) is 0 Å². The predicted octanol–water partition coefficient (Wildman–Crippen LogP) is 3.14. The van der Waals surface area contributed by atoms with E-state index in [0.717, 1.165) is 12.1 Å². The number of methoxy groups -OCH3 is 1. The summed E-state index contributed by atoms with van der Waals surface area (Å²) in [5, 5.41) is 4.02. The molecule has 1 aromatic carbocycles. The molecule has 1 aliphatic heterocycles. The second kappa shape index (κ2) is 4.95. The fourth-order valence-electron chi connectivity index (χ4n) is 1.91. The van der Waals surface area contributed by atoms with Crippen molar-refractivity contribution < 1.29 is 9.13 Å². The third-order valence-electron chi connectivity index (χ3n) is 2.88. The summed E-state index contributed by atoms with van der Waals surface area (Å²) in [4.78, 5) is 0. The maximum atomic E-state index is 13.0. The molecular weight excluding hydrogens is 225 g/mol. The van der Waals surface area contributed by atoms with Crippen LogP contribution in [0.2, 0.25) is 0 Å². The summed E-state index contributed by atoms with van der Waals surface area (Å²) in [5.41, 5.74) is 0.878. The van der Waals surface area contributed by atoms with Gasteiger partial charge in [0.05, 0.1) is 12.8 Å². The Hall–Kier alpha value is -0.900. The average molecular weight is 241 g/mol. The van der Waals surface area contributed by atoms with Crippen molar-refractivity contribution in [3.8, 4) is 5.75 Å². The monoisotopic (exact) mass is 241 g/mol. The summed E-state index contributed by atoms with van der Waals surface area (Å²) in [5.74, 6) is 1.49. The van der Waals surface area contributed by atoms with Crippen LogP contribution in [0.5, 0.6) is 5.75 Å². The quantitative estimate of drug-likeness (QED) is 0.878. The van der Waals surface area contributed by atoms with Crippen molar-refractivity contribution in [2.75, 3.05) is 18.2 Å². The van der Waals surface area contributed by atoms with Gasteiger partial charge in [-0.2, -0.15) is 11.8 Å². The molecule has 2 unspecified atom stereocenters. The molecule has 0 radical (unpaired) electrons. The first-order valence-electron chi connectivity index (χ1n) is 5.42. The fourth-order valence-corrected chi connectivity index (χ4v) is 3.10. The van der Waals surface area contributed by atoms with Crippen molar-refractivity contribution in [3.63, 3.8) is 0 Å². The van der Waals surface area contributed by atoms with Gasteiger partial charge < -0.3 is 10.1 Å². The smallest absolute Gasteiger partial charge is 0.144 e. The van der Waals surface area contributed by atoms with Gasteiger partial charge in [0.2, 0.25) is 0 Å². The zero-order chi connectivity index (χ0) is 11.5. The first-order chi connectivity index (χ1) is 7.70. The lowest BCUT2D eigenvalue weighted by atomic mass is 10.1. The van der Waals surface area contributed by atoms with Crippen LogP contribution in [0.15, 0.2) is 18.2 Å². The number of halogens is 1. The highest BCUT2D eigenvalue weighted by atomic mass is 32.2. The Labute approximate surface area is 99.6 Å². The van der Waals surface area contributed by atoms with Crippen molar-refractivity contribution in [2.45, 2.75) is 24.6 Å². The van der Waals surface area contributed by atoms with Crippen LogP contribution in [0, 0.1) is 5.82 Å². The third kappa shape index (κ3) is 2.43. The molecule has 1 heterocycles. The summed E-state index contributed by atoms with van der Waals surface area (Å²) < 4.78 is 18.2. The number of hydrogen-bond donors (Lipinski definition) is 1. The molecular formula is C12H16FNOS. The Kier molecular flexibility index (Phi) is 3.59. The lowest BCUT2D eigenvalue weighted by molar-refractivity contribution is 0.412. The first-order valence-corrected chi connectivity index (χ1v) is 6.47. The van der Waals surface area contributed by atoms with Gasteiger partial charge in [-0.25, -0.2) is 4.39 Å². The summed E-state index contributed by atoms with van der Waals surface area (Å²) >= 11 is 1.96. The lowest BCUT2D eigenvalue weighted by Gasteiger charge is -2.19. The van der Waals surface area contributed by atoms with Crippen molar-refractivity contribution >= 4 is 17.4 Å². The van der Waals surface area contributed by atoms with Crippen LogP contribution in [0.25, 0.3) is 0 Å². The molecule has 2 rings (SSSR count). The minimum absolute atomic E-state index is 0.267. The third-order valence-corrected chi connectivity index (χ3v) is 4.21. The predicted molar refractivity (Wildman–Crippen MR) is 66.9 cm³/mol. The summed E-state index contributed by atoms with van der Waals surface area (Å²) in [6, 6.07) is 5.06. The van der Waals surface area contributed by atoms with Crippen LogP contribution < -0.4 is 10.1 Å². The van der Waals surface area contributed by atoms with E-state index in [-0.39, 0.29) is 5.82 Å². The average Bonchev–Trinajstić information content (AvgIpc) is 2.67.